The number of hydrogen-bond acceptors (Lipinski definition) is 6. The molecule has 28 heavy (non-hydrogen) atoms. The summed E-state index contributed by atoms with van der Waals surface area (Å²) in [4.78, 5) is 8.39. The van der Waals surface area contributed by atoms with Crippen LogP contribution < -0.4 is 10.5 Å². The van der Waals surface area contributed by atoms with Gasteiger partial charge in [0.05, 0.1) is 0 Å². The molecule has 3 N–H and O–H groups in total. The predicted octanol–water partition coefficient (Wildman–Crippen LogP) is 2.62. The number of nitrogen functional groups attached to an aromatic ring is 1. The van der Waals surface area contributed by atoms with Crippen LogP contribution in [0.15, 0.2) is 41.7 Å². The van der Waals surface area contributed by atoms with Crippen molar-refractivity contribution < 1.29 is 8.42 Å². The maximum atomic E-state index is 12.8. The van der Waals surface area contributed by atoms with E-state index in [1.54, 1.807) is 29.0 Å². The van der Waals surface area contributed by atoms with Gasteiger partial charge < -0.3 is 5.73 Å². The van der Waals surface area contributed by atoms with Gasteiger partial charge in [-0.15, -0.1) is 5.10 Å². The average Bonchev–Trinajstić information content (AvgIpc) is 2.88. The van der Waals surface area contributed by atoms with E-state index in [2.05, 4.69) is 19.8 Å². The van der Waals surface area contributed by atoms with Crippen molar-refractivity contribution in [2.24, 2.45) is 5.92 Å². The molecule has 0 bridgehead atoms. The van der Waals surface area contributed by atoms with E-state index < -0.39 is 10.0 Å². The fourth-order valence-corrected chi connectivity index (χ4v) is 4.78. The Bertz CT molecular complexity index is 1070. The highest BCUT2D eigenvalue weighted by Gasteiger charge is 2.19. The summed E-state index contributed by atoms with van der Waals surface area (Å²) in [5, 5.41) is 4.09. The first-order chi connectivity index (χ1) is 13.5. The van der Waals surface area contributed by atoms with E-state index in [9.17, 15) is 8.42 Å². The second-order valence-electron chi connectivity index (χ2n) is 7.31. The first-order valence-corrected chi connectivity index (χ1v) is 11.1. The summed E-state index contributed by atoms with van der Waals surface area (Å²) in [7, 11) is -3.61. The summed E-state index contributed by atoms with van der Waals surface area (Å²) in [6.07, 6.45) is 11.8. The number of anilines is 1. The van der Waals surface area contributed by atoms with Gasteiger partial charge in [0.2, 0.25) is 16.0 Å². The molecular weight excluding hydrogens is 376 g/mol. The molecule has 0 radical (unpaired) electrons. The zero-order valence-corrected chi connectivity index (χ0v) is 16.4. The number of nitrogens with two attached hydrogens (primary N) is 1. The normalized spacial score (nSPS) is 16.3. The Kier molecular flexibility index (Phi) is 5.27. The van der Waals surface area contributed by atoms with Crippen molar-refractivity contribution in [3.8, 4) is 11.1 Å². The molecule has 1 aliphatic rings. The molecule has 4 rings (SSSR count). The van der Waals surface area contributed by atoms with Gasteiger partial charge in [0.15, 0.2) is 5.65 Å². The van der Waals surface area contributed by atoms with Crippen LogP contribution in [0.1, 0.15) is 38.5 Å². The molecule has 8 nitrogen and oxygen atoms in total. The Morgan fingerprint density at radius 2 is 1.89 bits per heavy atom. The van der Waals surface area contributed by atoms with Crippen LogP contribution in [0, 0.1) is 5.92 Å². The molecule has 0 atom stereocenters. The van der Waals surface area contributed by atoms with E-state index in [0.29, 0.717) is 23.7 Å². The molecule has 3 aromatic rings. The SMILES string of the molecule is Nc1nc2ccc(-c3cncc(S(=O)(=O)NCC4CCCCCC4)c3)cn2n1. The van der Waals surface area contributed by atoms with Crippen molar-refractivity contribution in [1.29, 1.82) is 0 Å². The Morgan fingerprint density at radius 3 is 2.68 bits per heavy atom. The van der Waals surface area contributed by atoms with E-state index in [1.165, 1.54) is 31.9 Å². The standard InChI is InChI=1S/C19H24N6O2S/c20-19-23-18-8-7-15(13-25(18)24-19)16-9-17(12-21-11-16)28(26,27)22-10-14-5-3-1-2-4-6-14/h7-9,11-14,22H,1-6,10H2,(H2,20,24). The molecular formula is C19H24N6O2S. The molecule has 148 valence electrons. The lowest BCUT2D eigenvalue weighted by Crippen LogP contribution is -2.29. The number of sulfonamides is 1. The molecule has 9 heteroatoms. The zero-order chi connectivity index (χ0) is 19.6. The van der Waals surface area contributed by atoms with Crippen LogP contribution in [-0.4, -0.2) is 34.5 Å². The summed E-state index contributed by atoms with van der Waals surface area (Å²) >= 11 is 0. The third-order valence-electron chi connectivity index (χ3n) is 5.24. The topological polar surface area (TPSA) is 115 Å². The summed E-state index contributed by atoms with van der Waals surface area (Å²) in [5.41, 5.74) is 7.72. The van der Waals surface area contributed by atoms with Gasteiger partial charge >= 0.3 is 0 Å². The highest BCUT2D eigenvalue weighted by Crippen LogP contribution is 2.24. The molecule has 3 aromatic heterocycles. The largest absolute Gasteiger partial charge is 0.366 e. The second-order valence-corrected chi connectivity index (χ2v) is 9.08. The lowest BCUT2D eigenvalue weighted by atomic mass is 10.0. The Hall–Kier alpha value is -2.52. The number of aromatic nitrogens is 4. The van der Waals surface area contributed by atoms with Crippen molar-refractivity contribution >= 4 is 21.6 Å². The summed E-state index contributed by atoms with van der Waals surface area (Å²) in [5.74, 6) is 0.600. The maximum absolute atomic E-state index is 12.8. The van der Waals surface area contributed by atoms with Gasteiger partial charge in [-0.1, -0.05) is 25.7 Å². The highest BCUT2D eigenvalue weighted by molar-refractivity contribution is 7.89. The minimum Gasteiger partial charge on any atom is -0.366 e. The van der Waals surface area contributed by atoms with E-state index in [1.807, 2.05) is 6.07 Å². The van der Waals surface area contributed by atoms with Crippen molar-refractivity contribution in [2.75, 3.05) is 12.3 Å². The third-order valence-corrected chi connectivity index (χ3v) is 6.63. The van der Waals surface area contributed by atoms with Crippen molar-refractivity contribution in [1.82, 2.24) is 24.3 Å². The average molecular weight is 401 g/mol. The Balaban J connectivity index is 1.54. The van der Waals surface area contributed by atoms with Crippen molar-refractivity contribution in [2.45, 2.75) is 43.4 Å². The van der Waals surface area contributed by atoms with E-state index in [0.717, 1.165) is 18.4 Å². The molecule has 1 saturated carbocycles. The number of hydrogen-bond donors (Lipinski definition) is 2. The monoisotopic (exact) mass is 400 g/mol. The fourth-order valence-electron chi connectivity index (χ4n) is 3.67. The predicted molar refractivity (Wildman–Crippen MR) is 107 cm³/mol. The van der Waals surface area contributed by atoms with Gasteiger partial charge in [-0.2, -0.15) is 4.98 Å². The molecule has 0 saturated heterocycles. The van der Waals surface area contributed by atoms with E-state index in [4.69, 9.17) is 5.73 Å². The number of rotatable bonds is 5. The van der Waals surface area contributed by atoms with Gasteiger partial charge in [0.25, 0.3) is 0 Å². The highest BCUT2D eigenvalue weighted by atomic mass is 32.2. The van der Waals surface area contributed by atoms with Gasteiger partial charge in [-0.25, -0.2) is 17.7 Å². The summed E-state index contributed by atoms with van der Waals surface area (Å²) < 4.78 is 29.9. The molecule has 0 unspecified atom stereocenters. The van der Waals surface area contributed by atoms with Crippen LogP contribution >= 0.6 is 0 Å². The molecule has 0 amide bonds. The van der Waals surface area contributed by atoms with Crippen LogP contribution in [0.2, 0.25) is 0 Å². The van der Waals surface area contributed by atoms with Crippen LogP contribution in [0.3, 0.4) is 0 Å². The Morgan fingerprint density at radius 1 is 1.11 bits per heavy atom. The van der Waals surface area contributed by atoms with Crippen LogP contribution in [0.5, 0.6) is 0 Å². The summed E-state index contributed by atoms with van der Waals surface area (Å²) in [6.45, 7) is 0.483. The first kappa shape index (κ1) is 18.8. The van der Waals surface area contributed by atoms with Gasteiger partial charge in [-0.3, -0.25) is 4.98 Å². The number of fused-ring (bicyclic) bond motifs is 1. The minimum absolute atomic E-state index is 0.164. The zero-order valence-electron chi connectivity index (χ0n) is 15.6. The van der Waals surface area contributed by atoms with Crippen LogP contribution in [-0.2, 0) is 10.0 Å². The molecule has 3 heterocycles. The van der Waals surface area contributed by atoms with Crippen molar-refractivity contribution in [3.63, 3.8) is 0 Å². The van der Waals surface area contributed by atoms with Crippen LogP contribution in [0.25, 0.3) is 16.8 Å². The lowest BCUT2D eigenvalue weighted by molar-refractivity contribution is 0.451. The Labute approximate surface area is 164 Å². The minimum atomic E-state index is -3.61. The molecule has 0 aliphatic heterocycles. The van der Waals surface area contributed by atoms with Crippen molar-refractivity contribution in [3.05, 3.63) is 36.8 Å². The van der Waals surface area contributed by atoms with Gasteiger partial charge in [0.1, 0.15) is 4.90 Å². The first-order valence-electron chi connectivity index (χ1n) is 9.58. The third kappa shape index (κ3) is 4.15. The summed E-state index contributed by atoms with van der Waals surface area (Å²) in [6, 6.07) is 5.25. The number of nitrogens with one attached hydrogen (secondary N) is 1. The van der Waals surface area contributed by atoms with E-state index >= 15 is 0 Å². The maximum Gasteiger partial charge on any atom is 0.242 e. The fraction of sp³-hybridized carbons (Fsp3) is 0.421. The quantitative estimate of drug-likeness (QED) is 0.636. The van der Waals surface area contributed by atoms with Crippen LogP contribution in [0.4, 0.5) is 5.95 Å². The number of pyridine rings is 2. The number of nitrogens with zero attached hydrogens (tertiary/aromatic N) is 4. The van der Waals surface area contributed by atoms with E-state index in [-0.39, 0.29) is 10.8 Å². The lowest BCUT2D eigenvalue weighted by Gasteiger charge is -2.15. The van der Waals surface area contributed by atoms with Gasteiger partial charge in [0, 0.05) is 36.3 Å². The van der Waals surface area contributed by atoms with Gasteiger partial charge in [-0.05, 0) is 37.0 Å². The molecule has 1 fully saturated rings. The molecule has 0 aromatic carbocycles. The smallest absolute Gasteiger partial charge is 0.242 e. The molecule has 1 aliphatic carbocycles. The second kappa shape index (κ2) is 7.84. The molecule has 0 spiro atoms.